The number of nitrogens with one attached hydrogen (secondary N) is 1. The first kappa shape index (κ1) is 17.2. The average molecular weight is 299 g/mol. The smallest absolute Gasteiger partial charge is 0.171 e. The maximum absolute atomic E-state index is 6.23. The van der Waals surface area contributed by atoms with Crippen LogP contribution in [0.15, 0.2) is 0 Å². The van der Waals surface area contributed by atoms with Crippen molar-refractivity contribution in [1.29, 1.82) is 0 Å². The van der Waals surface area contributed by atoms with Gasteiger partial charge in [-0.1, -0.05) is 27.7 Å². The first-order valence-corrected chi connectivity index (χ1v) is 8.57. The van der Waals surface area contributed by atoms with Crippen molar-refractivity contribution in [2.75, 3.05) is 26.4 Å². The minimum atomic E-state index is -0.364. The van der Waals surface area contributed by atoms with Crippen molar-refractivity contribution >= 4 is 0 Å². The van der Waals surface area contributed by atoms with Crippen LogP contribution in [0.2, 0.25) is 0 Å². The quantitative estimate of drug-likeness (QED) is 0.818. The van der Waals surface area contributed by atoms with Gasteiger partial charge in [0.1, 0.15) is 0 Å². The maximum atomic E-state index is 6.23. The zero-order valence-electron chi connectivity index (χ0n) is 14.2. The molecule has 0 bridgehead atoms. The molecule has 1 N–H and O–H groups in total. The van der Waals surface area contributed by atoms with E-state index >= 15 is 0 Å². The predicted octanol–water partition coefficient (Wildman–Crippen LogP) is 3.10. The summed E-state index contributed by atoms with van der Waals surface area (Å²) < 4.78 is 18.0. The topological polar surface area (TPSA) is 39.7 Å². The van der Waals surface area contributed by atoms with Crippen LogP contribution in [0.25, 0.3) is 0 Å². The van der Waals surface area contributed by atoms with E-state index in [2.05, 4.69) is 33.0 Å². The van der Waals surface area contributed by atoms with Crippen LogP contribution in [0.5, 0.6) is 0 Å². The Labute approximate surface area is 129 Å². The van der Waals surface area contributed by atoms with Crippen molar-refractivity contribution in [1.82, 2.24) is 5.32 Å². The SMILES string of the molecule is CCCNC1CCC2(CC1OCCC(C)(C)C)OCCO2. The van der Waals surface area contributed by atoms with Crippen molar-refractivity contribution in [3.8, 4) is 0 Å². The molecule has 1 aliphatic carbocycles. The van der Waals surface area contributed by atoms with E-state index < -0.39 is 0 Å². The highest BCUT2D eigenvalue weighted by Crippen LogP contribution is 2.37. The Hall–Kier alpha value is -0.160. The standard InChI is InChI=1S/C17H33NO3/c1-5-9-18-14-6-7-17(20-11-12-21-17)13-15(14)19-10-8-16(2,3)4/h14-15,18H,5-13H2,1-4H3. The van der Waals surface area contributed by atoms with Gasteiger partial charge >= 0.3 is 0 Å². The molecule has 0 aromatic heterocycles. The fourth-order valence-electron chi connectivity index (χ4n) is 3.13. The Morgan fingerprint density at radius 3 is 2.57 bits per heavy atom. The van der Waals surface area contributed by atoms with Gasteiger partial charge in [-0.2, -0.15) is 0 Å². The molecule has 4 heteroatoms. The van der Waals surface area contributed by atoms with Crippen LogP contribution < -0.4 is 5.32 Å². The van der Waals surface area contributed by atoms with E-state index in [1.54, 1.807) is 0 Å². The van der Waals surface area contributed by atoms with Crippen molar-refractivity contribution in [2.45, 2.75) is 77.7 Å². The van der Waals surface area contributed by atoms with E-state index in [1.165, 1.54) is 0 Å². The molecule has 0 aromatic carbocycles. The van der Waals surface area contributed by atoms with Gasteiger partial charge in [0.25, 0.3) is 0 Å². The summed E-state index contributed by atoms with van der Waals surface area (Å²) >= 11 is 0. The fourth-order valence-corrected chi connectivity index (χ4v) is 3.13. The van der Waals surface area contributed by atoms with Gasteiger partial charge in [-0.3, -0.25) is 0 Å². The molecular weight excluding hydrogens is 266 g/mol. The van der Waals surface area contributed by atoms with E-state index in [1.807, 2.05) is 0 Å². The molecule has 2 fully saturated rings. The van der Waals surface area contributed by atoms with Crippen LogP contribution in [0, 0.1) is 5.41 Å². The van der Waals surface area contributed by atoms with Gasteiger partial charge in [-0.05, 0) is 31.2 Å². The monoisotopic (exact) mass is 299 g/mol. The van der Waals surface area contributed by atoms with E-state index in [9.17, 15) is 0 Å². The number of hydrogen-bond acceptors (Lipinski definition) is 4. The summed E-state index contributed by atoms with van der Waals surface area (Å²) in [4.78, 5) is 0. The maximum Gasteiger partial charge on any atom is 0.171 e. The molecule has 1 saturated carbocycles. The van der Waals surface area contributed by atoms with Gasteiger partial charge in [0, 0.05) is 25.5 Å². The molecule has 124 valence electrons. The second-order valence-electron chi connectivity index (χ2n) is 7.63. The molecule has 0 radical (unpaired) electrons. The van der Waals surface area contributed by atoms with E-state index in [-0.39, 0.29) is 11.9 Å². The van der Waals surface area contributed by atoms with E-state index in [4.69, 9.17) is 14.2 Å². The van der Waals surface area contributed by atoms with Crippen LogP contribution in [0.1, 0.15) is 59.8 Å². The molecular formula is C17H33NO3. The summed E-state index contributed by atoms with van der Waals surface area (Å²) in [6, 6.07) is 0.434. The second kappa shape index (κ2) is 7.40. The Bertz CT molecular complexity index is 308. The largest absolute Gasteiger partial charge is 0.376 e. The Kier molecular flexibility index (Phi) is 6.06. The number of rotatable bonds is 6. The third kappa shape index (κ3) is 5.20. The zero-order valence-corrected chi connectivity index (χ0v) is 14.2. The fraction of sp³-hybridized carbons (Fsp3) is 1.00. The molecule has 1 heterocycles. The lowest BCUT2D eigenvalue weighted by molar-refractivity contribution is -0.207. The minimum Gasteiger partial charge on any atom is -0.376 e. The van der Waals surface area contributed by atoms with Gasteiger partial charge < -0.3 is 19.5 Å². The molecule has 2 atom stereocenters. The van der Waals surface area contributed by atoms with Crippen LogP contribution in [0.4, 0.5) is 0 Å². The van der Waals surface area contributed by atoms with Gasteiger partial charge in [0.05, 0.1) is 19.3 Å². The summed E-state index contributed by atoms with van der Waals surface area (Å²) in [6.45, 7) is 12.3. The van der Waals surface area contributed by atoms with Crippen molar-refractivity contribution in [2.24, 2.45) is 5.41 Å². The Morgan fingerprint density at radius 2 is 1.95 bits per heavy atom. The van der Waals surface area contributed by atoms with Gasteiger partial charge in [-0.25, -0.2) is 0 Å². The molecule has 2 unspecified atom stereocenters. The van der Waals surface area contributed by atoms with Crippen molar-refractivity contribution in [3.63, 3.8) is 0 Å². The van der Waals surface area contributed by atoms with Gasteiger partial charge in [-0.15, -0.1) is 0 Å². The molecule has 0 aromatic rings. The Balaban J connectivity index is 1.89. The molecule has 0 amide bonds. The van der Waals surface area contributed by atoms with E-state index in [0.717, 1.165) is 58.5 Å². The zero-order chi connectivity index (χ0) is 15.3. The second-order valence-corrected chi connectivity index (χ2v) is 7.63. The summed E-state index contributed by atoms with van der Waals surface area (Å²) in [5.41, 5.74) is 0.319. The third-order valence-electron chi connectivity index (χ3n) is 4.45. The summed E-state index contributed by atoms with van der Waals surface area (Å²) in [6.07, 6.45) is 5.35. The number of hydrogen-bond donors (Lipinski definition) is 1. The summed E-state index contributed by atoms with van der Waals surface area (Å²) in [5.74, 6) is -0.364. The molecule has 21 heavy (non-hydrogen) atoms. The first-order valence-electron chi connectivity index (χ1n) is 8.57. The highest BCUT2D eigenvalue weighted by atomic mass is 16.7. The highest BCUT2D eigenvalue weighted by molar-refractivity contribution is 4.92. The molecule has 2 rings (SSSR count). The van der Waals surface area contributed by atoms with Gasteiger partial charge in [0.2, 0.25) is 0 Å². The molecule has 1 spiro atoms. The molecule has 1 aliphatic heterocycles. The highest BCUT2D eigenvalue weighted by Gasteiger charge is 2.45. The Morgan fingerprint density at radius 1 is 1.24 bits per heavy atom. The van der Waals surface area contributed by atoms with E-state index in [0.29, 0.717) is 11.5 Å². The first-order chi connectivity index (χ1) is 9.94. The minimum absolute atomic E-state index is 0.200. The summed E-state index contributed by atoms with van der Waals surface area (Å²) in [7, 11) is 0. The third-order valence-corrected chi connectivity index (χ3v) is 4.45. The number of ether oxygens (including phenoxy) is 3. The molecule has 2 aliphatic rings. The van der Waals surface area contributed by atoms with Crippen molar-refractivity contribution < 1.29 is 14.2 Å². The lowest BCUT2D eigenvalue weighted by Crippen LogP contribution is -2.52. The van der Waals surface area contributed by atoms with Crippen LogP contribution in [-0.2, 0) is 14.2 Å². The van der Waals surface area contributed by atoms with Crippen LogP contribution in [-0.4, -0.2) is 44.3 Å². The average Bonchev–Trinajstić information content (AvgIpc) is 2.85. The predicted molar refractivity (Wildman–Crippen MR) is 84.4 cm³/mol. The lowest BCUT2D eigenvalue weighted by atomic mass is 9.87. The molecule has 4 nitrogen and oxygen atoms in total. The lowest BCUT2D eigenvalue weighted by Gasteiger charge is -2.41. The summed E-state index contributed by atoms with van der Waals surface area (Å²) in [5, 5.41) is 3.64. The van der Waals surface area contributed by atoms with Crippen LogP contribution >= 0.6 is 0 Å². The van der Waals surface area contributed by atoms with Gasteiger partial charge in [0.15, 0.2) is 5.79 Å². The normalized spacial score (nSPS) is 29.1. The van der Waals surface area contributed by atoms with Crippen LogP contribution in [0.3, 0.4) is 0 Å². The van der Waals surface area contributed by atoms with Crippen molar-refractivity contribution in [3.05, 3.63) is 0 Å². The molecule has 1 saturated heterocycles.